The van der Waals surface area contributed by atoms with Gasteiger partial charge >= 0.3 is 12.0 Å². The molecule has 0 bridgehead atoms. The molecule has 5 nitrogen and oxygen atoms in total. The van der Waals surface area contributed by atoms with E-state index in [4.69, 9.17) is 16.3 Å². The minimum atomic E-state index is -0.542. The molecule has 0 unspecified atom stereocenters. The maximum atomic E-state index is 13.1. The summed E-state index contributed by atoms with van der Waals surface area (Å²) in [4.78, 5) is 25.5. The zero-order valence-electron chi connectivity index (χ0n) is 12.3. The lowest BCUT2D eigenvalue weighted by molar-refractivity contribution is -0.149. The van der Waals surface area contributed by atoms with E-state index in [1.807, 2.05) is 0 Å². The first-order valence-corrected chi connectivity index (χ1v) is 7.56. The first-order chi connectivity index (χ1) is 10.5. The third-order valence-corrected chi connectivity index (χ3v) is 3.79. The molecule has 0 spiro atoms. The van der Waals surface area contributed by atoms with E-state index in [2.05, 4.69) is 5.32 Å². The van der Waals surface area contributed by atoms with Crippen LogP contribution in [0.1, 0.15) is 19.8 Å². The first-order valence-electron chi connectivity index (χ1n) is 7.19. The Kier molecular flexibility index (Phi) is 5.60. The number of amides is 2. The molecule has 2 amide bonds. The molecular formula is C15H18ClFN2O3. The average Bonchev–Trinajstić information content (AvgIpc) is 2.51. The molecule has 1 N–H and O–H groups in total. The van der Waals surface area contributed by atoms with Gasteiger partial charge in [-0.15, -0.1) is 0 Å². The van der Waals surface area contributed by atoms with Gasteiger partial charge in [0.2, 0.25) is 0 Å². The van der Waals surface area contributed by atoms with Crippen LogP contribution < -0.4 is 5.32 Å². The van der Waals surface area contributed by atoms with Crippen molar-refractivity contribution < 1.29 is 18.7 Å². The fourth-order valence-electron chi connectivity index (χ4n) is 2.39. The highest BCUT2D eigenvalue weighted by atomic mass is 35.5. The van der Waals surface area contributed by atoms with Crippen LogP contribution in [0, 0.1) is 11.7 Å². The number of nitrogens with zero attached hydrogens (tertiary/aromatic N) is 1. The Morgan fingerprint density at radius 3 is 2.95 bits per heavy atom. The largest absolute Gasteiger partial charge is 0.466 e. The molecule has 0 radical (unpaired) electrons. The van der Waals surface area contributed by atoms with Gasteiger partial charge in [0.25, 0.3) is 0 Å². The molecule has 1 fully saturated rings. The molecule has 1 aromatic rings. The number of piperidine rings is 1. The number of carbonyl (C=O) groups excluding carboxylic acids is 2. The van der Waals surface area contributed by atoms with Crippen LogP contribution in [0.3, 0.4) is 0 Å². The predicted molar refractivity (Wildman–Crippen MR) is 81.4 cm³/mol. The smallest absolute Gasteiger partial charge is 0.321 e. The Bertz CT molecular complexity index is 568. The van der Waals surface area contributed by atoms with Crippen molar-refractivity contribution in [2.75, 3.05) is 25.0 Å². The van der Waals surface area contributed by atoms with E-state index in [1.54, 1.807) is 11.8 Å². The van der Waals surface area contributed by atoms with E-state index < -0.39 is 5.82 Å². The molecule has 1 aromatic carbocycles. The van der Waals surface area contributed by atoms with Crippen molar-refractivity contribution in [2.24, 2.45) is 5.92 Å². The zero-order chi connectivity index (χ0) is 16.1. The van der Waals surface area contributed by atoms with Crippen molar-refractivity contribution in [3.05, 3.63) is 29.0 Å². The third-order valence-electron chi connectivity index (χ3n) is 3.50. The van der Waals surface area contributed by atoms with E-state index in [1.165, 1.54) is 18.2 Å². The van der Waals surface area contributed by atoms with E-state index in [9.17, 15) is 14.0 Å². The molecule has 0 saturated carbocycles. The van der Waals surface area contributed by atoms with Gasteiger partial charge in [0.05, 0.1) is 17.5 Å². The SMILES string of the molecule is CCOC(=O)[C@@H]1CCCN(C(=O)Nc2ccc(F)c(Cl)c2)C1. The number of benzene rings is 1. The Hall–Kier alpha value is -1.82. The number of ether oxygens (including phenoxy) is 1. The monoisotopic (exact) mass is 328 g/mol. The number of urea groups is 1. The second-order valence-corrected chi connectivity index (χ2v) is 5.50. The lowest BCUT2D eigenvalue weighted by Crippen LogP contribution is -2.44. The lowest BCUT2D eigenvalue weighted by Gasteiger charge is -2.31. The Labute approximate surface area is 133 Å². The number of halogens is 2. The van der Waals surface area contributed by atoms with Gasteiger partial charge < -0.3 is 15.0 Å². The molecule has 1 aliphatic rings. The van der Waals surface area contributed by atoms with Gasteiger partial charge in [-0.2, -0.15) is 0 Å². The third kappa shape index (κ3) is 4.10. The molecule has 1 aliphatic heterocycles. The minimum Gasteiger partial charge on any atom is -0.466 e. The van der Waals surface area contributed by atoms with Crippen LogP contribution in [0.5, 0.6) is 0 Å². The number of esters is 1. The molecule has 1 heterocycles. The van der Waals surface area contributed by atoms with Crippen LogP contribution in [0.15, 0.2) is 18.2 Å². The summed E-state index contributed by atoms with van der Waals surface area (Å²) in [5, 5.41) is 2.60. The topological polar surface area (TPSA) is 58.6 Å². The van der Waals surface area contributed by atoms with E-state index in [0.29, 0.717) is 31.8 Å². The summed E-state index contributed by atoms with van der Waals surface area (Å²) < 4.78 is 18.1. The fraction of sp³-hybridized carbons (Fsp3) is 0.467. The van der Waals surface area contributed by atoms with Crippen LogP contribution in [-0.4, -0.2) is 36.6 Å². The molecule has 0 aliphatic carbocycles. The standard InChI is InChI=1S/C15H18ClFN2O3/c1-2-22-14(20)10-4-3-7-19(9-10)15(21)18-11-5-6-13(17)12(16)8-11/h5-6,8,10H,2-4,7,9H2,1H3,(H,18,21)/t10-/m1/s1. The molecule has 22 heavy (non-hydrogen) atoms. The number of hydrogen-bond donors (Lipinski definition) is 1. The van der Waals surface area contributed by atoms with Crippen LogP contribution >= 0.6 is 11.6 Å². The Balaban J connectivity index is 1.96. The predicted octanol–water partition coefficient (Wildman–Crippen LogP) is 3.29. The van der Waals surface area contributed by atoms with Crippen molar-refractivity contribution >= 4 is 29.3 Å². The van der Waals surface area contributed by atoms with Gasteiger partial charge in [0.15, 0.2) is 0 Å². The number of likely N-dealkylation sites (tertiary alicyclic amines) is 1. The fourth-order valence-corrected chi connectivity index (χ4v) is 2.57. The van der Waals surface area contributed by atoms with E-state index in [-0.39, 0.29) is 22.9 Å². The van der Waals surface area contributed by atoms with Crippen LogP contribution in [0.4, 0.5) is 14.9 Å². The summed E-state index contributed by atoms with van der Waals surface area (Å²) in [6, 6.07) is 3.64. The summed E-state index contributed by atoms with van der Waals surface area (Å²) in [5.41, 5.74) is 0.412. The van der Waals surface area contributed by atoms with E-state index >= 15 is 0 Å². The van der Waals surface area contributed by atoms with Gasteiger partial charge in [-0.25, -0.2) is 9.18 Å². The highest BCUT2D eigenvalue weighted by molar-refractivity contribution is 6.31. The van der Waals surface area contributed by atoms with Crippen molar-refractivity contribution in [1.29, 1.82) is 0 Å². The number of hydrogen-bond acceptors (Lipinski definition) is 3. The molecule has 2 rings (SSSR count). The second-order valence-electron chi connectivity index (χ2n) is 5.10. The van der Waals surface area contributed by atoms with Crippen molar-refractivity contribution in [3.63, 3.8) is 0 Å². The molecule has 120 valence electrons. The summed E-state index contributed by atoms with van der Waals surface area (Å²) in [7, 11) is 0. The Morgan fingerprint density at radius 1 is 1.50 bits per heavy atom. The van der Waals surface area contributed by atoms with Gasteiger partial charge in [0.1, 0.15) is 5.82 Å². The highest BCUT2D eigenvalue weighted by Gasteiger charge is 2.29. The lowest BCUT2D eigenvalue weighted by atomic mass is 9.98. The number of carbonyl (C=O) groups is 2. The first kappa shape index (κ1) is 16.5. The van der Waals surface area contributed by atoms with Crippen molar-refractivity contribution in [3.8, 4) is 0 Å². The maximum absolute atomic E-state index is 13.1. The normalized spacial score (nSPS) is 18.0. The van der Waals surface area contributed by atoms with Gasteiger partial charge in [0, 0.05) is 18.8 Å². The highest BCUT2D eigenvalue weighted by Crippen LogP contribution is 2.22. The molecular weight excluding hydrogens is 311 g/mol. The summed E-state index contributed by atoms with van der Waals surface area (Å²) in [5.74, 6) is -1.11. The van der Waals surface area contributed by atoms with Crippen molar-refractivity contribution in [2.45, 2.75) is 19.8 Å². The molecule has 7 heteroatoms. The zero-order valence-corrected chi connectivity index (χ0v) is 13.0. The van der Waals surface area contributed by atoms with E-state index in [0.717, 1.165) is 6.42 Å². The van der Waals surface area contributed by atoms with Gasteiger partial charge in [-0.3, -0.25) is 4.79 Å². The van der Waals surface area contributed by atoms with Crippen LogP contribution in [0.2, 0.25) is 5.02 Å². The summed E-state index contributed by atoms with van der Waals surface area (Å²) in [6.07, 6.45) is 1.45. The number of rotatable bonds is 3. The van der Waals surface area contributed by atoms with Crippen LogP contribution in [-0.2, 0) is 9.53 Å². The Morgan fingerprint density at radius 2 is 2.27 bits per heavy atom. The average molecular weight is 329 g/mol. The summed E-state index contributed by atoms with van der Waals surface area (Å²) >= 11 is 5.68. The number of anilines is 1. The number of nitrogens with one attached hydrogen (secondary N) is 1. The minimum absolute atomic E-state index is 0.0548. The molecule has 1 atom stereocenters. The molecule has 1 saturated heterocycles. The second kappa shape index (κ2) is 7.45. The summed E-state index contributed by atoms with van der Waals surface area (Å²) in [6.45, 7) is 2.97. The van der Waals surface area contributed by atoms with Gasteiger partial charge in [-0.05, 0) is 38.0 Å². The van der Waals surface area contributed by atoms with Crippen LogP contribution in [0.25, 0.3) is 0 Å². The quantitative estimate of drug-likeness (QED) is 0.866. The molecule has 0 aromatic heterocycles. The van der Waals surface area contributed by atoms with Crippen molar-refractivity contribution in [1.82, 2.24) is 4.90 Å². The van der Waals surface area contributed by atoms with Gasteiger partial charge in [-0.1, -0.05) is 11.6 Å². The maximum Gasteiger partial charge on any atom is 0.321 e.